The summed E-state index contributed by atoms with van der Waals surface area (Å²) in [5.74, 6) is 0. The van der Waals surface area contributed by atoms with Gasteiger partial charge in [-0.25, -0.2) is 0 Å². The molecule has 0 saturated heterocycles. The SMILES string of the molecule is c1ccc(N(c2ccc3c(c2)C(c2ccccc2)(c2ccccc2)c2cc(N(c4ccccc4)c4cc5ccccc5c5c4oc4ccccc45)c4ccccc4c2-3)c2cc3ccccc3c3c2oc2ccccc23)cc1. The van der Waals surface area contributed by atoms with Crippen molar-refractivity contribution >= 4 is 110 Å². The first-order valence-corrected chi connectivity index (χ1v) is 26.4. The molecule has 0 amide bonds. The van der Waals surface area contributed by atoms with Crippen LogP contribution in [0.25, 0.3) is 87.3 Å². The molecule has 1 aliphatic rings. The first kappa shape index (κ1) is 43.3. The van der Waals surface area contributed by atoms with Crippen LogP contribution in [0.2, 0.25) is 0 Å². The maximum atomic E-state index is 7.07. The Morgan fingerprint density at radius 1 is 0.286 bits per heavy atom. The Bertz CT molecular complexity index is 4770. The largest absolute Gasteiger partial charge is 0.454 e. The molecule has 4 nitrogen and oxygen atoms in total. The Balaban J connectivity index is 1.02. The third-order valence-corrected chi connectivity index (χ3v) is 16.2. The summed E-state index contributed by atoms with van der Waals surface area (Å²) in [5, 5.41) is 11.3. The highest BCUT2D eigenvalue weighted by Crippen LogP contribution is 2.61. The van der Waals surface area contributed by atoms with E-state index in [0.717, 1.165) is 105 Å². The van der Waals surface area contributed by atoms with Crippen molar-refractivity contribution in [3.05, 3.63) is 301 Å². The molecule has 1 aliphatic carbocycles. The van der Waals surface area contributed by atoms with Gasteiger partial charge in [0.1, 0.15) is 11.2 Å². The average molecular weight is 983 g/mol. The van der Waals surface area contributed by atoms with Crippen molar-refractivity contribution in [2.75, 3.05) is 9.80 Å². The number of hydrogen-bond acceptors (Lipinski definition) is 4. The first-order valence-electron chi connectivity index (χ1n) is 26.4. The van der Waals surface area contributed by atoms with Crippen molar-refractivity contribution in [3.63, 3.8) is 0 Å². The van der Waals surface area contributed by atoms with Crippen LogP contribution in [0.3, 0.4) is 0 Å². The topological polar surface area (TPSA) is 32.8 Å². The molecule has 15 aromatic rings. The van der Waals surface area contributed by atoms with Gasteiger partial charge in [-0.15, -0.1) is 0 Å². The fourth-order valence-electron chi connectivity index (χ4n) is 13.1. The second kappa shape index (κ2) is 16.9. The smallest absolute Gasteiger partial charge is 0.160 e. The predicted octanol–water partition coefficient (Wildman–Crippen LogP) is 20.2. The maximum Gasteiger partial charge on any atom is 0.160 e. The summed E-state index contributed by atoms with van der Waals surface area (Å²) in [5.41, 5.74) is 15.9. The van der Waals surface area contributed by atoms with Crippen LogP contribution >= 0.6 is 0 Å². The van der Waals surface area contributed by atoms with Crippen molar-refractivity contribution in [3.8, 4) is 11.1 Å². The maximum absolute atomic E-state index is 7.07. The average Bonchev–Trinajstić information content (AvgIpc) is 4.26. The summed E-state index contributed by atoms with van der Waals surface area (Å²) in [4.78, 5) is 4.85. The van der Waals surface area contributed by atoms with E-state index >= 15 is 0 Å². The molecule has 0 unspecified atom stereocenters. The monoisotopic (exact) mass is 982 g/mol. The van der Waals surface area contributed by atoms with E-state index in [0.29, 0.717) is 0 Å². The molecule has 0 fully saturated rings. The van der Waals surface area contributed by atoms with Crippen molar-refractivity contribution in [1.29, 1.82) is 0 Å². The van der Waals surface area contributed by atoms with Gasteiger partial charge in [-0.05, 0) is 127 Å². The van der Waals surface area contributed by atoms with Crippen LogP contribution < -0.4 is 9.80 Å². The molecule has 0 radical (unpaired) electrons. The zero-order valence-corrected chi connectivity index (χ0v) is 41.8. The summed E-state index contributed by atoms with van der Waals surface area (Å²) in [6.07, 6.45) is 0. The molecule has 0 N–H and O–H groups in total. The minimum absolute atomic E-state index is 0.789. The van der Waals surface area contributed by atoms with Gasteiger partial charge in [0.2, 0.25) is 0 Å². The van der Waals surface area contributed by atoms with Gasteiger partial charge < -0.3 is 18.6 Å². The van der Waals surface area contributed by atoms with Gasteiger partial charge in [-0.2, -0.15) is 0 Å². The van der Waals surface area contributed by atoms with Crippen LogP contribution in [0.1, 0.15) is 22.3 Å². The number of fused-ring (bicyclic) bond motifs is 15. The fraction of sp³-hybridized carbons (Fsp3) is 0.0137. The molecular formula is C73H46N2O2. The van der Waals surface area contributed by atoms with Crippen LogP contribution in [0.5, 0.6) is 0 Å². The quantitative estimate of drug-likeness (QED) is 0.152. The van der Waals surface area contributed by atoms with E-state index in [2.05, 4.69) is 289 Å². The Morgan fingerprint density at radius 3 is 1.26 bits per heavy atom. The van der Waals surface area contributed by atoms with Gasteiger partial charge in [0.15, 0.2) is 11.2 Å². The third-order valence-electron chi connectivity index (χ3n) is 16.2. The van der Waals surface area contributed by atoms with Crippen LogP contribution in [0.4, 0.5) is 34.1 Å². The Labute approximate surface area is 444 Å². The lowest BCUT2D eigenvalue weighted by Gasteiger charge is -2.36. The van der Waals surface area contributed by atoms with Crippen molar-refractivity contribution in [2.24, 2.45) is 0 Å². The van der Waals surface area contributed by atoms with E-state index < -0.39 is 5.41 Å². The number of rotatable bonds is 8. The summed E-state index contributed by atoms with van der Waals surface area (Å²) < 4.78 is 14.1. The molecule has 2 aromatic heterocycles. The summed E-state index contributed by atoms with van der Waals surface area (Å²) in [6.45, 7) is 0. The first-order chi connectivity index (χ1) is 38.2. The second-order valence-corrected chi connectivity index (χ2v) is 20.3. The van der Waals surface area contributed by atoms with Crippen LogP contribution in [-0.4, -0.2) is 0 Å². The molecule has 4 heteroatoms. The van der Waals surface area contributed by atoms with Crippen LogP contribution in [0, 0.1) is 0 Å². The lowest BCUT2D eigenvalue weighted by molar-refractivity contribution is 0.669. The van der Waals surface area contributed by atoms with Gasteiger partial charge in [-0.1, -0.05) is 212 Å². The Morgan fingerprint density at radius 2 is 0.714 bits per heavy atom. The molecule has 2 heterocycles. The van der Waals surface area contributed by atoms with Gasteiger partial charge >= 0.3 is 0 Å². The van der Waals surface area contributed by atoms with E-state index in [1.165, 1.54) is 38.8 Å². The van der Waals surface area contributed by atoms with E-state index in [9.17, 15) is 0 Å². The molecule has 16 rings (SSSR count). The van der Waals surface area contributed by atoms with E-state index in [1.807, 2.05) is 0 Å². The molecule has 0 atom stereocenters. The minimum atomic E-state index is -0.789. The number of para-hydroxylation sites is 4. The Kier molecular flexibility index (Phi) is 9.52. The zero-order valence-electron chi connectivity index (χ0n) is 41.8. The zero-order chi connectivity index (χ0) is 50.6. The number of benzene rings is 13. The van der Waals surface area contributed by atoms with Gasteiger partial charge in [0.25, 0.3) is 0 Å². The van der Waals surface area contributed by atoms with E-state index in [4.69, 9.17) is 8.83 Å². The molecule has 0 bridgehead atoms. The number of nitrogens with zero attached hydrogens (tertiary/aromatic N) is 2. The molecular weight excluding hydrogens is 937 g/mol. The standard InChI is InChI=1S/C73H46N2O2/c1-5-25-49(26-6-1)73(50-27-7-2-8-28-50)61-45-53(74(51-29-9-3-10-30-51)64-43-47-23-13-15-33-54(47)69-59-37-19-21-39-66(59)76-71(64)69)41-42-58(61)68-57-36-18-17-35-56(57)63(46-62(68)73)75(52-31-11-4-12-32-52)65-44-48-24-14-16-34-55(48)70-60-38-20-22-40-67(60)77-72(65)70/h1-46H. The molecule has 0 spiro atoms. The highest BCUT2D eigenvalue weighted by molar-refractivity contribution is 6.25. The number of hydrogen-bond donors (Lipinski definition) is 0. The van der Waals surface area contributed by atoms with Gasteiger partial charge in [-0.3, -0.25) is 0 Å². The summed E-state index contributed by atoms with van der Waals surface area (Å²) in [6, 6.07) is 101. The lowest BCUT2D eigenvalue weighted by atomic mass is 9.67. The number of furan rings is 2. The van der Waals surface area contributed by atoms with Crippen LogP contribution in [0.15, 0.2) is 288 Å². The highest BCUT2D eigenvalue weighted by atomic mass is 16.3. The lowest BCUT2D eigenvalue weighted by Crippen LogP contribution is -2.29. The van der Waals surface area contributed by atoms with Crippen LogP contribution in [-0.2, 0) is 5.41 Å². The van der Waals surface area contributed by atoms with E-state index in [-0.39, 0.29) is 0 Å². The van der Waals surface area contributed by atoms with Crippen molar-refractivity contribution in [2.45, 2.75) is 5.41 Å². The predicted molar refractivity (Wildman–Crippen MR) is 320 cm³/mol. The van der Waals surface area contributed by atoms with Crippen molar-refractivity contribution < 1.29 is 8.83 Å². The van der Waals surface area contributed by atoms with Gasteiger partial charge in [0.05, 0.1) is 22.5 Å². The molecule has 0 saturated carbocycles. The molecule has 0 aliphatic heterocycles. The minimum Gasteiger partial charge on any atom is -0.454 e. The van der Waals surface area contributed by atoms with Crippen molar-refractivity contribution in [1.82, 2.24) is 0 Å². The second-order valence-electron chi connectivity index (χ2n) is 20.3. The normalized spacial score (nSPS) is 12.8. The van der Waals surface area contributed by atoms with E-state index in [1.54, 1.807) is 0 Å². The highest BCUT2D eigenvalue weighted by Gasteiger charge is 2.48. The summed E-state index contributed by atoms with van der Waals surface area (Å²) >= 11 is 0. The molecule has 13 aromatic carbocycles. The summed E-state index contributed by atoms with van der Waals surface area (Å²) in [7, 11) is 0. The molecule has 77 heavy (non-hydrogen) atoms. The fourth-order valence-corrected chi connectivity index (χ4v) is 13.1. The van der Waals surface area contributed by atoms with Gasteiger partial charge in [0, 0.05) is 44.0 Å². The molecule has 360 valence electrons. The number of anilines is 6. The third kappa shape index (κ3) is 6.33. The Hall–Kier alpha value is -10.2.